The van der Waals surface area contributed by atoms with E-state index >= 15 is 0 Å². The van der Waals surface area contributed by atoms with Crippen LogP contribution in [0.5, 0.6) is 0 Å². The average Bonchev–Trinajstić information content (AvgIpc) is 2.97. The number of amides is 2. The van der Waals surface area contributed by atoms with Gasteiger partial charge in [0.05, 0.1) is 19.1 Å². The Morgan fingerprint density at radius 3 is 2.30 bits per heavy atom. The van der Waals surface area contributed by atoms with Crippen LogP contribution in [0, 0.1) is 0 Å². The van der Waals surface area contributed by atoms with Crippen molar-refractivity contribution in [2.24, 2.45) is 0 Å². The summed E-state index contributed by atoms with van der Waals surface area (Å²) >= 11 is 0. The Morgan fingerprint density at radius 1 is 1.03 bits per heavy atom. The summed E-state index contributed by atoms with van der Waals surface area (Å²) in [7, 11) is 0. The van der Waals surface area contributed by atoms with Crippen molar-refractivity contribution in [2.75, 3.05) is 39.3 Å². The minimum Gasteiger partial charge on any atom is -0.459 e. The summed E-state index contributed by atoms with van der Waals surface area (Å²) in [6, 6.07) is 9.63. The zero-order chi connectivity index (χ0) is 21.7. The molecular formula is C23H34N4O3. The van der Waals surface area contributed by atoms with Gasteiger partial charge in [-0.3, -0.25) is 19.4 Å². The molecule has 1 atom stereocenters. The van der Waals surface area contributed by atoms with Crippen LogP contribution in [-0.2, 0) is 9.59 Å². The Kier molecular flexibility index (Phi) is 7.15. The van der Waals surface area contributed by atoms with Crippen LogP contribution in [0.1, 0.15) is 45.9 Å². The molecule has 0 bridgehead atoms. The molecule has 0 aliphatic carbocycles. The van der Waals surface area contributed by atoms with Crippen LogP contribution < -0.4 is 10.6 Å². The highest BCUT2D eigenvalue weighted by molar-refractivity contribution is 5.80. The lowest BCUT2D eigenvalue weighted by atomic mass is 10.1. The number of hydrogen-bond donors (Lipinski definition) is 2. The molecule has 1 saturated heterocycles. The lowest BCUT2D eigenvalue weighted by molar-refractivity contribution is -0.124. The molecule has 164 valence electrons. The molecule has 1 aliphatic heterocycles. The van der Waals surface area contributed by atoms with Gasteiger partial charge in [0.1, 0.15) is 11.3 Å². The van der Waals surface area contributed by atoms with E-state index in [9.17, 15) is 9.59 Å². The number of nitrogens with one attached hydrogen (secondary N) is 2. The Balaban J connectivity index is 1.45. The molecule has 0 spiro atoms. The van der Waals surface area contributed by atoms with E-state index in [1.165, 1.54) is 0 Å². The van der Waals surface area contributed by atoms with Crippen molar-refractivity contribution >= 4 is 22.8 Å². The number of para-hydroxylation sites is 1. The molecule has 7 nitrogen and oxygen atoms in total. The van der Waals surface area contributed by atoms with Gasteiger partial charge in [0.25, 0.3) is 0 Å². The Hall–Kier alpha value is -2.38. The number of hydrogen-bond acceptors (Lipinski definition) is 5. The number of nitrogens with zero attached hydrogens (tertiary/aromatic N) is 2. The van der Waals surface area contributed by atoms with E-state index in [1.54, 1.807) is 0 Å². The Labute approximate surface area is 178 Å². The molecular weight excluding hydrogens is 380 g/mol. The summed E-state index contributed by atoms with van der Waals surface area (Å²) in [5.41, 5.74) is 0.612. The Morgan fingerprint density at radius 2 is 1.67 bits per heavy atom. The van der Waals surface area contributed by atoms with Gasteiger partial charge in [-0.05, 0) is 59.3 Å². The van der Waals surface area contributed by atoms with Gasteiger partial charge in [0, 0.05) is 24.0 Å². The summed E-state index contributed by atoms with van der Waals surface area (Å²) in [4.78, 5) is 29.1. The van der Waals surface area contributed by atoms with Crippen molar-refractivity contribution in [3.05, 3.63) is 36.1 Å². The monoisotopic (exact) mass is 414 g/mol. The molecule has 2 N–H and O–H groups in total. The number of benzene rings is 1. The number of rotatable bonds is 6. The predicted octanol–water partition coefficient (Wildman–Crippen LogP) is 2.53. The number of fused-ring (bicyclic) bond motifs is 1. The van der Waals surface area contributed by atoms with Crippen LogP contribution in [0.3, 0.4) is 0 Å². The van der Waals surface area contributed by atoms with Crippen molar-refractivity contribution in [3.8, 4) is 0 Å². The largest absolute Gasteiger partial charge is 0.459 e. The van der Waals surface area contributed by atoms with Crippen molar-refractivity contribution in [2.45, 2.75) is 45.7 Å². The third-order valence-corrected chi connectivity index (χ3v) is 5.18. The molecule has 7 heteroatoms. The van der Waals surface area contributed by atoms with E-state index in [2.05, 4.69) is 20.4 Å². The van der Waals surface area contributed by atoms with Crippen molar-refractivity contribution < 1.29 is 14.0 Å². The predicted molar refractivity (Wildman–Crippen MR) is 118 cm³/mol. The van der Waals surface area contributed by atoms with Crippen molar-refractivity contribution in [3.63, 3.8) is 0 Å². The average molecular weight is 415 g/mol. The lowest BCUT2D eigenvalue weighted by Crippen LogP contribution is -2.46. The second-order valence-corrected chi connectivity index (χ2v) is 9.18. The standard InChI is InChI=1S/C23H34N4O3/c1-17(20-14-18-8-5-6-9-19(18)30-20)24-21(28)15-26-10-7-11-27(13-12-26)16-22(29)25-23(2,3)4/h5-6,8-9,14,17H,7,10-13,15-16H2,1-4H3,(H,24,28)(H,25,29)/t17-/m0/s1. The normalized spacial score (nSPS) is 17.5. The first kappa shape index (κ1) is 22.3. The molecule has 2 amide bonds. The zero-order valence-corrected chi connectivity index (χ0v) is 18.5. The van der Waals surface area contributed by atoms with Gasteiger partial charge < -0.3 is 15.1 Å². The highest BCUT2D eigenvalue weighted by Gasteiger charge is 2.22. The third kappa shape index (κ3) is 6.57. The topological polar surface area (TPSA) is 77.8 Å². The van der Waals surface area contributed by atoms with E-state index < -0.39 is 0 Å². The SMILES string of the molecule is C[C@H](NC(=O)CN1CCCN(CC(=O)NC(C)(C)C)CC1)c1cc2ccccc2o1. The first-order valence-corrected chi connectivity index (χ1v) is 10.7. The van der Waals surface area contributed by atoms with E-state index in [1.807, 2.05) is 58.0 Å². The quantitative estimate of drug-likeness (QED) is 0.760. The molecule has 3 rings (SSSR count). The minimum absolute atomic E-state index is 0.0121. The third-order valence-electron chi connectivity index (χ3n) is 5.18. The maximum atomic E-state index is 12.6. The highest BCUT2D eigenvalue weighted by atomic mass is 16.3. The molecule has 0 unspecified atom stereocenters. The van der Waals surface area contributed by atoms with Crippen molar-refractivity contribution in [1.82, 2.24) is 20.4 Å². The van der Waals surface area contributed by atoms with Gasteiger partial charge in [-0.2, -0.15) is 0 Å². The molecule has 30 heavy (non-hydrogen) atoms. The van der Waals surface area contributed by atoms with E-state index in [0.717, 1.165) is 49.3 Å². The van der Waals surface area contributed by atoms with Gasteiger partial charge in [-0.25, -0.2) is 0 Å². The molecule has 2 heterocycles. The Bertz CT molecular complexity index is 838. The molecule has 1 aromatic carbocycles. The molecule has 1 aromatic heterocycles. The van der Waals surface area contributed by atoms with Gasteiger partial charge in [0.15, 0.2) is 0 Å². The summed E-state index contributed by atoms with van der Waals surface area (Å²) in [5, 5.41) is 7.09. The maximum Gasteiger partial charge on any atom is 0.234 e. The van der Waals surface area contributed by atoms with Crippen LogP contribution in [0.2, 0.25) is 0 Å². The van der Waals surface area contributed by atoms with Gasteiger partial charge in [-0.15, -0.1) is 0 Å². The molecule has 0 saturated carbocycles. The molecule has 1 fully saturated rings. The van der Waals surface area contributed by atoms with E-state index in [-0.39, 0.29) is 23.4 Å². The van der Waals surface area contributed by atoms with Gasteiger partial charge >= 0.3 is 0 Å². The number of carbonyl (C=O) groups is 2. The first-order valence-electron chi connectivity index (χ1n) is 10.7. The fraction of sp³-hybridized carbons (Fsp3) is 0.565. The van der Waals surface area contributed by atoms with Crippen LogP contribution in [0.25, 0.3) is 11.0 Å². The fourth-order valence-electron chi connectivity index (χ4n) is 3.78. The number of carbonyl (C=O) groups excluding carboxylic acids is 2. The first-order chi connectivity index (χ1) is 14.2. The van der Waals surface area contributed by atoms with E-state index in [4.69, 9.17) is 4.42 Å². The summed E-state index contributed by atoms with van der Waals surface area (Å²) in [6.45, 7) is 11.9. The van der Waals surface area contributed by atoms with Crippen LogP contribution in [0.15, 0.2) is 34.7 Å². The van der Waals surface area contributed by atoms with Gasteiger partial charge in [-0.1, -0.05) is 18.2 Å². The lowest BCUT2D eigenvalue weighted by Gasteiger charge is -2.25. The second-order valence-electron chi connectivity index (χ2n) is 9.18. The number of furan rings is 1. The zero-order valence-electron chi connectivity index (χ0n) is 18.5. The molecule has 0 radical (unpaired) electrons. The summed E-state index contributed by atoms with van der Waals surface area (Å²) in [6.07, 6.45) is 0.940. The highest BCUT2D eigenvalue weighted by Crippen LogP contribution is 2.23. The minimum atomic E-state index is -0.219. The fourth-order valence-corrected chi connectivity index (χ4v) is 3.78. The smallest absolute Gasteiger partial charge is 0.234 e. The van der Waals surface area contributed by atoms with Crippen LogP contribution >= 0.6 is 0 Å². The van der Waals surface area contributed by atoms with Crippen LogP contribution in [-0.4, -0.2) is 66.4 Å². The van der Waals surface area contributed by atoms with Gasteiger partial charge in [0.2, 0.25) is 11.8 Å². The van der Waals surface area contributed by atoms with Crippen LogP contribution in [0.4, 0.5) is 0 Å². The van der Waals surface area contributed by atoms with Crippen molar-refractivity contribution in [1.29, 1.82) is 0 Å². The van der Waals surface area contributed by atoms with E-state index in [0.29, 0.717) is 13.1 Å². The summed E-state index contributed by atoms with van der Waals surface area (Å²) in [5.74, 6) is 0.798. The molecule has 1 aliphatic rings. The molecule has 2 aromatic rings. The maximum absolute atomic E-state index is 12.6. The summed E-state index contributed by atoms with van der Waals surface area (Å²) < 4.78 is 5.85. The second kappa shape index (κ2) is 9.62.